The third-order valence-electron chi connectivity index (χ3n) is 2.61. The Hall–Kier alpha value is -1.68. The molecule has 4 nitrogen and oxygen atoms in total. The van der Waals surface area contributed by atoms with Crippen LogP contribution in [0.5, 0.6) is 5.75 Å². The lowest BCUT2D eigenvalue weighted by Crippen LogP contribution is -2.29. The Morgan fingerprint density at radius 3 is 2.73 bits per heavy atom. The second-order valence-electron chi connectivity index (χ2n) is 3.57. The van der Waals surface area contributed by atoms with Crippen molar-refractivity contribution in [3.63, 3.8) is 0 Å². The highest BCUT2D eigenvalue weighted by molar-refractivity contribution is 6.16. The molecule has 1 aromatic carbocycles. The van der Waals surface area contributed by atoms with Gasteiger partial charge >= 0.3 is 0 Å². The van der Waals surface area contributed by atoms with Gasteiger partial charge in [0.1, 0.15) is 5.75 Å². The minimum absolute atomic E-state index is 0.0279. The fourth-order valence-corrected chi connectivity index (χ4v) is 1.82. The van der Waals surface area contributed by atoms with Crippen molar-refractivity contribution < 1.29 is 19.8 Å². The van der Waals surface area contributed by atoms with Gasteiger partial charge in [-0.2, -0.15) is 0 Å². The first-order chi connectivity index (χ1) is 7.15. The molecule has 0 bridgehead atoms. The Labute approximate surface area is 86.2 Å². The largest absolute Gasteiger partial charge is 0.507 e. The normalized spacial score (nSPS) is 20.2. The number of rotatable bonds is 1. The Kier molecular flexibility index (Phi) is 2.28. The van der Waals surface area contributed by atoms with Crippen molar-refractivity contribution in [1.82, 2.24) is 0 Å². The number of aromatic hydroxyl groups is 1. The number of benzene rings is 1. The monoisotopic (exact) mass is 206 g/mol. The molecule has 2 rings (SSSR count). The number of carbonyl (C=O) groups excluding carboxylic acids is 2. The number of phenolic OH excluding ortho intramolecular Hbond substituents is 1. The highest BCUT2D eigenvalue weighted by Gasteiger charge is 2.33. The van der Waals surface area contributed by atoms with Gasteiger partial charge in [-0.05, 0) is 6.07 Å². The molecule has 1 aliphatic rings. The average molecular weight is 206 g/mol. The number of fused-ring (bicyclic) bond motifs is 1. The van der Waals surface area contributed by atoms with Crippen LogP contribution in [0.3, 0.4) is 0 Å². The van der Waals surface area contributed by atoms with E-state index < -0.39 is 5.92 Å². The second-order valence-corrected chi connectivity index (χ2v) is 3.57. The van der Waals surface area contributed by atoms with Crippen LogP contribution in [0.25, 0.3) is 0 Å². The maximum Gasteiger partial charge on any atom is 0.169 e. The van der Waals surface area contributed by atoms with Crippen molar-refractivity contribution in [2.24, 2.45) is 5.92 Å². The maximum absolute atomic E-state index is 11.7. The quantitative estimate of drug-likeness (QED) is 0.711. The molecule has 0 saturated heterocycles. The first kappa shape index (κ1) is 9.86. The third kappa shape index (κ3) is 1.43. The van der Waals surface area contributed by atoms with Gasteiger partial charge in [0.25, 0.3) is 0 Å². The lowest BCUT2D eigenvalue weighted by atomic mass is 9.82. The molecule has 0 fully saturated rings. The number of phenols is 1. The molecule has 1 aromatic rings. The molecule has 0 unspecified atom stereocenters. The molecule has 78 valence electrons. The van der Waals surface area contributed by atoms with E-state index in [0.717, 1.165) is 0 Å². The number of hydrogen-bond donors (Lipinski definition) is 2. The highest BCUT2D eigenvalue weighted by Crippen LogP contribution is 2.31. The number of aliphatic hydroxyl groups excluding tert-OH is 1. The third-order valence-corrected chi connectivity index (χ3v) is 2.61. The smallest absolute Gasteiger partial charge is 0.169 e. The fourth-order valence-electron chi connectivity index (χ4n) is 1.82. The molecule has 15 heavy (non-hydrogen) atoms. The van der Waals surface area contributed by atoms with Crippen molar-refractivity contribution >= 4 is 11.6 Å². The van der Waals surface area contributed by atoms with Crippen LogP contribution in [0.4, 0.5) is 0 Å². The van der Waals surface area contributed by atoms with Crippen LogP contribution in [-0.2, 0) is 0 Å². The van der Waals surface area contributed by atoms with Crippen LogP contribution in [0.15, 0.2) is 18.2 Å². The number of ketones is 2. The standard InChI is InChI=1S/C11H10O4/c12-5-6-4-9(14)10-7(11(6)15)2-1-3-8(10)13/h1-3,6,12-13H,4-5H2/t6-/m1/s1. The summed E-state index contributed by atoms with van der Waals surface area (Å²) in [7, 11) is 0. The summed E-state index contributed by atoms with van der Waals surface area (Å²) < 4.78 is 0. The zero-order chi connectivity index (χ0) is 11.0. The van der Waals surface area contributed by atoms with Crippen LogP contribution in [0.2, 0.25) is 0 Å². The van der Waals surface area contributed by atoms with Gasteiger partial charge in [0.15, 0.2) is 11.6 Å². The molecule has 0 spiro atoms. The maximum atomic E-state index is 11.7. The van der Waals surface area contributed by atoms with E-state index in [1.807, 2.05) is 0 Å². The Bertz CT molecular complexity index is 436. The molecule has 2 N–H and O–H groups in total. The zero-order valence-corrected chi connectivity index (χ0v) is 7.93. The van der Waals surface area contributed by atoms with Gasteiger partial charge in [-0.15, -0.1) is 0 Å². The first-order valence-corrected chi connectivity index (χ1v) is 4.65. The zero-order valence-electron chi connectivity index (χ0n) is 7.93. The van der Waals surface area contributed by atoms with Crippen molar-refractivity contribution in [1.29, 1.82) is 0 Å². The molecule has 0 radical (unpaired) electrons. The summed E-state index contributed by atoms with van der Waals surface area (Å²) in [6, 6.07) is 4.39. The van der Waals surface area contributed by atoms with E-state index in [1.54, 1.807) is 0 Å². The van der Waals surface area contributed by atoms with Gasteiger partial charge in [-0.1, -0.05) is 12.1 Å². The lowest BCUT2D eigenvalue weighted by molar-refractivity contribution is 0.0760. The Balaban J connectivity index is 2.59. The van der Waals surface area contributed by atoms with Gasteiger partial charge < -0.3 is 10.2 Å². The number of Topliss-reactive ketones (excluding diaryl/α,β-unsaturated/α-hetero) is 2. The summed E-state index contributed by atoms with van der Waals surface area (Å²) in [6.07, 6.45) is -0.0279. The Morgan fingerprint density at radius 1 is 1.33 bits per heavy atom. The number of hydrogen-bond acceptors (Lipinski definition) is 4. The minimum atomic E-state index is -0.660. The summed E-state index contributed by atoms with van der Waals surface area (Å²) in [5.41, 5.74) is 0.303. The summed E-state index contributed by atoms with van der Waals surface area (Å²) in [6.45, 7) is -0.334. The van der Waals surface area contributed by atoms with E-state index in [1.165, 1.54) is 18.2 Å². The molecule has 1 atom stereocenters. The van der Waals surface area contributed by atoms with Gasteiger partial charge in [0, 0.05) is 12.0 Å². The van der Waals surface area contributed by atoms with Crippen LogP contribution >= 0.6 is 0 Å². The van der Waals surface area contributed by atoms with E-state index in [4.69, 9.17) is 5.11 Å². The van der Waals surface area contributed by atoms with Crippen LogP contribution in [0.1, 0.15) is 27.1 Å². The van der Waals surface area contributed by atoms with E-state index >= 15 is 0 Å². The molecule has 0 heterocycles. The predicted octanol–water partition coefficient (Wildman–Crippen LogP) is 0.770. The molecule has 0 amide bonds. The van der Waals surface area contributed by atoms with Crippen molar-refractivity contribution in [2.45, 2.75) is 6.42 Å². The van der Waals surface area contributed by atoms with Gasteiger partial charge in [-0.25, -0.2) is 0 Å². The van der Waals surface area contributed by atoms with E-state index in [9.17, 15) is 14.7 Å². The van der Waals surface area contributed by atoms with Crippen molar-refractivity contribution in [2.75, 3.05) is 6.61 Å². The molecule has 0 aliphatic heterocycles. The van der Waals surface area contributed by atoms with Crippen LogP contribution < -0.4 is 0 Å². The van der Waals surface area contributed by atoms with Crippen LogP contribution in [0, 0.1) is 5.92 Å². The topological polar surface area (TPSA) is 74.6 Å². The summed E-state index contributed by atoms with van der Waals surface area (Å²) in [5, 5.41) is 18.4. The SMILES string of the molecule is O=C1C[C@H](CO)C(=O)c2cccc(O)c21. The van der Waals surface area contributed by atoms with Gasteiger partial charge in [0.05, 0.1) is 18.1 Å². The van der Waals surface area contributed by atoms with E-state index in [0.29, 0.717) is 0 Å². The average Bonchev–Trinajstić information content (AvgIpc) is 2.23. The molecule has 1 aliphatic carbocycles. The lowest BCUT2D eigenvalue weighted by Gasteiger charge is -2.20. The van der Waals surface area contributed by atoms with Crippen molar-refractivity contribution in [3.8, 4) is 5.75 Å². The number of aliphatic hydroxyl groups is 1. The summed E-state index contributed by atoms with van der Waals surface area (Å²) in [5.74, 6) is -1.39. The highest BCUT2D eigenvalue weighted by atomic mass is 16.3. The predicted molar refractivity (Wildman–Crippen MR) is 52.0 cm³/mol. The molecular weight excluding hydrogens is 196 g/mol. The first-order valence-electron chi connectivity index (χ1n) is 4.65. The fraction of sp³-hybridized carbons (Fsp3) is 0.273. The molecule has 4 heteroatoms. The van der Waals surface area contributed by atoms with Crippen LogP contribution in [-0.4, -0.2) is 28.4 Å². The van der Waals surface area contributed by atoms with E-state index in [2.05, 4.69) is 0 Å². The molecular formula is C11H10O4. The van der Waals surface area contributed by atoms with Gasteiger partial charge in [-0.3, -0.25) is 9.59 Å². The van der Waals surface area contributed by atoms with Crippen molar-refractivity contribution in [3.05, 3.63) is 29.3 Å². The molecule has 0 aromatic heterocycles. The second kappa shape index (κ2) is 3.47. The minimum Gasteiger partial charge on any atom is -0.507 e. The Morgan fingerprint density at radius 2 is 2.07 bits per heavy atom. The number of carbonyl (C=O) groups is 2. The van der Waals surface area contributed by atoms with E-state index in [-0.39, 0.29) is 41.5 Å². The summed E-state index contributed by atoms with van der Waals surface area (Å²) >= 11 is 0. The summed E-state index contributed by atoms with van der Waals surface area (Å²) in [4.78, 5) is 23.3. The molecule has 0 saturated carbocycles. The van der Waals surface area contributed by atoms with Gasteiger partial charge in [0.2, 0.25) is 0 Å².